The first-order valence-electron chi connectivity index (χ1n) is 8.94. The van der Waals surface area contributed by atoms with Crippen molar-refractivity contribution in [2.24, 2.45) is 17.8 Å². The second kappa shape index (κ2) is 9.37. The van der Waals surface area contributed by atoms with Gasteiger partial charge < -0.3 is 9.47 Å². The molecule has 138 valence electrons. The Morgan fingerprint density at radius 3 is 2.48 bits per heavy atom. The molecule has 0 aromatic heterocycles. The number of hydrogen-bond acceptors (Lipinski definition) is 4. The van der Waals surface area contributed by atoms with Gasteiger partial charge in [-0.25, -0.2) is 4.79 Å². The Hall–Kier alpha value is -1.36. The Balaban J connectivity index is 1.78. The van der Waals surface area contributed by atoms with E-state index in [2.05, 4.69) is 36.7 Å². The second-order valence-electron chi connectivity index (χ2n) is 7.32. The lowest BCUT2D eigenvalue weighted by Gasteiger charge is -2.36. The summed E-state index contributed by atoms with van der Waals surface area (Å²) < 4.78 is 11.7. The molecule has 25 heavy (non-hydrogen) atoms. The Labute approximate surface area is 158 Å². The van der Waals surface area contributed by atoms with E-state index in [0.29, 0.717) is 17.8 Å². The highest BCUT2D eigenvalue weighted by Gasteiger charge is 2.33. The fourth-order valence-corrected chi connectivity index (χ4v) is 3.68. The number of benzene rings is 1. The molecule has 0 heterocycles. The van der Waals surface area contributed by atoms with Gasteiger partial charge in [0.1, 0.15) is 6.10 Å². The Bertz CT molecular complexity index is 582. The fraction of sp³-hybridized carbons (Fsp3) is 0.600. The van der Waals surface area contributed by atoms with Crippen molar-refractivity contribution in [3.63, 3.8) is 0 Å². The van der Waals surface area contributed by atoms with Crippen LogP contribution in [0.15, 0.2) is 28.7 Å². The third kappa shape index (κ3) is 6.46. The Morgan fingerprint density at radius 2 is 1.84 bits per heavy atom. The minimum Gasteiger partial charge on any atom is -0.460 e. The van der Waals surface area contributed by atoms with Gasteiger partial charge in [0.15, 0.2) is 6.61 Å². The van der Waals surface area contributed by atoms with Crippen molar-refractivity contribution >= 4 is 27.9 Å². The van der Waals surface area contributed by atoms with E-state index >= 15 is 0 Å². The minimum atomic E-state index is -0.450. The van der Waals surface area contributed by atoms with Gasteiger partial charge in [0, 0.05) is 4.47 Å². The van der Waals surface area contributed by atoms with E-state index in [9.17, 15) is 9.59 Å². The lowest BCUT2D eigenvalue weighted by molar-refractivity contribution is -0.166. The molecule has 0 radical (unpaired) electrons. The molecule has 3 atom stereocenters. The maximum Gasteiger partial charge on any atom is 0.344 e. The van der Waals surface area contributed by atoms with Crippen molar-refractivity contribution in [3.8, 4) is 0 Å². The molecule has 4 nitrogen and oxygen atoms in total. The smallest absolute Gasteiger partial charge is 0.344 e. The van der Waals surface area contributed by atoms with Crippen LogP contribution in [0.4, 0.5) is 0 Å². The molecule has 0 amide bonds. The van der Waals surface area contributed by atoms with Crippen LogP contribution in [-0.4, -0.2) is 24.6 Å². The number of hydrogen-bond donors (Lipinski definition) is 0. The highest BCUT2D eigenvalue weighted by molar-refractivity contribution is 9.10. The molecule has 0 N–H and O–H groups in total. The SMILES string of the molecule is CC(C)[C@H]1CC[C@H](C)C[C@H]1OC(=O)COC(=O)Cc1ccc(Br)cc1. The lowest BCUT2D eigenvalue weighted by Crippen LogP contribution is -2.36. The number of halogens is 1. The number of esters is 2. The highest BCUT2D eigenvalue weighted by atomic mass is 79.9. The van der Waals surface area contributed by atoms with Gasteiger partial charge in [-0.05, 0) is 48.3 Å². The molecule has 2 rings (SSSR count). The van der Waals surface area contributed by atoms with Crippen LogP contribution in [0.25, 0.3) is 0 Å². The summed E-state index contributed by atoms with van der Waals surface area (Å²) in [5, 5.41) is 0. The first kappa shape index (κ1) is 20.0. The molecule has 0 bridgehead atoms. The number of carbonyl (C=O) groups excluding carboxylic acids is 2. The van der Waals surface area contributed by atoms with E-state index in [4.69, 9.17) is 9.47 Å². The quantitative estimate of drug-likeness (QED) is 0.645. The van der Waals surface area contributed by atoms with Crippen molar-refractivity contribution in [3.05, 3.63) is 34.3 Å². The topological polar surface area (TPSA) is 52.6 Å². The fourth-order valence-electron chi connectivity index (χ4n) is 3.41. The summed E-state index contributed by atoms with van der Waals surface area (Å²) in [6.45, 7) is 6.21. The first-order chi connectivity index (χ1) is 11.8. The van der Waals surface area contributed by atoms with Crippen LogP contribution in [0, 0.1) is 17.8 Å². The van der Waals surface area contributed by atoms with Crippen molar-refractivity contribution in [2.75, 3.05) is 6.61 Å². The van der Waals surface area contributed by atoms with E-state index < -0.39 is 11.9 Å². The summed E-state index contributed by atoms with van der Waals surface area (Å²) in [5.74, 6) is 0.558. The Kier molecular flexibility index (Phi) is 7.48. The summed E-state index contributed by atoms with van der Waals surface area (Å²) >= 11 is 3.35. The molecule has 0 aliphatic heterocycles. The van der Waals surface area contributed by atoms with Gasteiger partial charge in [-0.2, -0.15) is 0 Å². The average Bonchev–Trinajstić information content (AvgIpc) is 2.55. The number of rotatable bonds is 6. The summed E-state index contributed by atoms with van der Waals surface area (Å²) in [6.07, 6.45) is 3.23. The van der Waals surface area contributed by atoms with Gasteiger partial charge >= 0.3 is 11.9 Å². The normalized spacial score (nSPS) is 23.3. The van der Waals surface area contributed by atoms with E-state index in [1.54, 1.807) is 0 Å². The largest absolute Gasteiger partial charge is 0.460 e. The van der Waals surface area contributed by atoms with E-state index in [0.717, 1.165) is 22.9 Å². The Morgan fingerprint density at radius 1 is 1.16 bits per heavy atom. The van der Waals surface area contributed by atoms with Gasteiger partial charge in [0.2, 0.25) is 0 Å². The van der Waals surface area contributed by atoms with Gasteiger partial charge in [0.05, 0.1) is 6.42 Å². The molecular formula is C20H27BrO4. The van der Waals surface area contributed by atoms with Gasteiger partial charge in [-0.1, -0.05) is 55.3 Å². The average molecular weight is 411 g/mol. The molecule has 5 heteroatoms. The molecular weight excluding hydrogens is 384 g/mol. The molecule has 0 unspecified atom stereocenters. The molecule has 1 aromatic rings. The van der Waals surface area contributed by atoms with Crippen molar-refractivity contribution in [1.29, 1.82) is 0 Å². The van der Waals surface area contributed by atoms with Crippen LogP contribution in [-0.2, 0) is 25.5 Å². The predicted molar refractivity (Wildman–Crippen MR) is 100 cm³/mol. The van der Waals surface area contributed by atoms with Crippen LogP contribution in [0.1, 0.15) is 45.6 Å². The van der Waals surface area contributed by atoms with Gasteiger partial charge in [-0.15, -0.1) is 0 Å². The van der Waals surface area contributed by atoms with Crippen molar-refractivity contribution in [2.45, 2.75) is 52.6 Å². The number of carbonyl (C=O) groups is 2. The maximum absolute atomic E-state index is 12.1. The maximum atomic E-state index is 12.1. The summed E-state index contributed by atoms with van der Waals surface area (Å²) in [4.78, 5) is 24.0. The lowest BCUT2D eigenvalue weighted by atomic mass is 9.75. The molecule has 0 saturated heterocycles. The van der Waals surface area contributed by atoms with Crippen LogP contribution in [0.5, 0.6) is 0 Å². The van der Waals surface area contributed by atoms with Gasteiger partial charge in [-0.3, -0.25) is 4.79 Å². The minimum absolute atomic E-state index is 0.0681. The molecule has 1 saturated carbocycles. The first-order valence-corrected chi connectivity index (χ1v) is 9.74. The van der Waals surface area contributed by atoms with Crippen LogP contribution in [0.3, 0.4) is 0 Å². The molecule has 1 aliphatic rings. The second-order valence-corrected chi connectivity index (χ2v) is 8.23. The molecule has 1 aliphatic carbocycles. The van der Waals surface area contributed by atoms with E-state index in [1.165, 1.54) is 6.42 Å². The van der Waals surface area contributed by atoms with E-state index in [-0.39, 0.29) is 19.1 Å². The third-order valence-electron chi connectivity index (χ3n) is 4.86. The molecule has 1 fully saturated rings. The van der Waals surface area contributed by atoms with Crippen molar-refractivity contribution in [1.82, 2.24) is 0 Å². The third-order valence-corrected chi connectivity index (χ3v) is 5.39. The summed E-state index contributed by atoms with van der Waals surface area (Å²) in [6, 6.07) is 7.43. The highest BCUT2D eigenvalue weighted by Crippen LogP contribution is 2.35. The van der Waals surface area contributed by atoms with E-state index in [1.807, 2.05) is 24.3 Å². The molecule has 0 spiro atoms. The van der Waals surface area contributed by atoms with Crippen molar-refractivity contribution < 1.29 is 19.1 Å². The molecule has 1 aromatic carbocycles. The zero-order valence-corrected chi connectivity index (χ0v) is 16.8. The van der Waals surface area contributed by atoms with Crippen LogP contribution < -0.4 is 0 Å². The zero-order chi connectivity index (χ0) is 18.4. The predicted octanol–water partition coefficient (Wildman–Crippen LogP) is 4.54. The zero-order valence-electron chi connectivity index (χ0n) is 15.2. The summed E-state index contributed by atoms with van der Waals surface area (Å²) in [7, 11) is 0. The monoisotopic (exact) mass is 410 g/mol. The standard InChI is InChI=1S/C20H27BrO4/c1-13(2)17-9-4-14(3)10-18(17)25-20(23)12-24-19(22)11-15-5-7-16(21)8-6-15/h5-8,13-14,17-18H,4,9-12H2,1-3H3/t14-,17+,18+/m0/s1. The number of ether oxygens (including phenoxy) is 2. The van der Waals surface area contributed by atoms with Crippen LogP contribution >= 0.6 is 15.9 Å². The van der Waals surface area contributed by atoms with Gasteiger partial charge in [0.25, 0.3) is 0 Å². The summed E-state index contributed by atoms with van der Waals surface area (Å²) in [5.41, 5.74) is 0.850. The van der Waals surface area contributed by atoms with Crippen LogP contribution in [0.2, 0.25) is 0 Å².